The van der Waals surface area contributed by atoms with Crippen LogP contribution in [0.3, 0.4) is 0 Å². The molecule has 0 fully saturated rings. The normalized spacial score (nSPS) is 10.9. The van der Waals surface area contributed by atoms with Gasteiger partial charge in [-0.15, -0.1) is 11.3 Å². The second-order valence-corrected chi connectivity index (χ2v) is 5.40. The summed E-state index contributed by atoms with van der Waals surface area (Å²) in [5.74, 6) is -0.193. The smallest absolute Gasteiger partial charge is 0.339 e. The number of aromatic nitrogens is 2. The van der Waals surface area contributed by atoms with E-state index in [1.165, 1.54) is 17.5 Å². The predicted octanol–water partition coefficient (Wildman–Crippen LogP) is 3.01. The molecule has 0 aliphatic heterocycles. The van der Waals surface area contributed by atoms with Gasteiger partial charge in [0, 0.05) is 17.1 Å². The van der Waals surface area contributed by atoms with Crippen LogP contribution < -0.4 is 4.74 Å². The van der Waals surface area contributed by atoms with Crippen LogP contribution in [-0.2, 0) is 7.05 Å². The number of carboxylic acid groups (broad SMARTS) is 1. The first-order chi connectivity index (χ1) is 9.61. The van der Waals surface area contributed by atoms with Gasteiger partial charge in [0.05, 0.1) is 23.9 Å². The molecule has 2 aromatic heterocycles. The molecule has 0 unspecified atom stereocenters. The van der Waals surface area contributed by atoms with Gasteiger partial charge in [-0.1, -0.05) is 6.07 Å². The minimum Gasteiger partial charge on any atom is -0.496 e. The first kappa shape index (κ1) is 12.7. The minimum atomic E-state index is -0.975. The van der Waals surface area contributed by atoms with Crippen molar-refractivity contribution in [2.75, 3.05) is 7.11 Å². The van der Waals surface area contributed by atoms with E-state index >= 15 is 0 Å². The molecule has 3 aromatic rings. The third kappa shape index (κ3) is 1.85. The van der Waals surface area contributed by atoms with Crippen molar-refractivity contribution in [1.29, 1.82) is 0 Å². The highest BCUT2D eigenvalue weighted by Gasteiger charge is 2.19. The molecule has 0 bridgehead atoms. The van der Waals surface area contributed by atoms with E-state index in [1.54, 1.807) is 18.8 Å². The molecule has 2 heterocycles. The van der Waals surface area contributed by atoms with E-state index in [9.17, 15) is 9.90 Å². The number of carbonyl (C=O) groups is 1. The van der Waals surface area contributed by atoms with Crippen molar-refractivity contribution in [3.8, 4) is 16.3 Å². The number of aryl methyl sites for hydroxylation is 1. The second-order valence-electron chi connectivity index (χ2n) is 4.32. The number of carboxylic acids is 1. The van der Waals surface area contributed by atoms with E-state index in [4.69, 9.17) is 4.74 Å². The molecule has 1 aromatic carbocycles. The summed E-state index contributed by atoms with van der Waals surface area (Å²) in [4.78, 5) is 12.1. The summed E-state index contributed by atoms with van der Waals surface area (Å²) in [6.45, 7) is 0. The number of ether oxygens (including phenoxy) is 1. The van der Waals surface area contributed by atoms with Crippen molar-refractivity contribution in [3.63, 3.8) is 0 Å². The Hall–Kier alpha value is -2.34. The van der Waals surface area contributed by atoms with Crippen molar-refractivity contribution in [3.05, 3.63) is 36.0 Å². The van der Waals surface area contributed by atoms with Crippen molar-refractivity contribution in [1.82, 2.24) is 9.78 Å². The van der Waals surface area contributed by atoms with E-state index in [0.29, 0.717) is 5.69 Å². The van der Waals surface area contributed by atoms with E-state index in [1.807, 2.05) is 24.3 Å². The van der Waals surface area contributed by atoms with Gasteiger partial charge < -0.3 is 9.84 Å². The first-order valence-corrected chi connectivity index (χ1v) is 6.75. The molecule has 0 aliphatic rings. The third-order valence-electron chi connectivity index (χ3n) is 3.14. The molecule has 102 valence electrons. The fourth-order valence-electron chi connectivity index (χ4n) is 2.22. The van der Waals surface area contributed by atoms with Crippen LogP contribution in [0.25, 0.3) is 20.7 Å². The lowest BCUT2D eigenvalue weighted by molar-refractivity contribution is 0.0697. The molecule has 1 N–H and O–H groups in total. The number of methoxy groups -OCH3 is 1. The largest absolute Gasteiger partial charge is 0.496 e. The number of hydrogen-bond acceptors (Lipinski definition) is 4. The quantitative estimate of drug-likeness (QED) is 0.804. The van der Waals surface area contributed by atoms with Crippen LogP contribution in [0, 0.1) is 0 Å². The van der Waals surface area contributed by atoms with Crippen molar-refractivity contribution < 1.29 is 14.6 Å². The van der Waals surface area contributed by atoms with Crippen LogP contribution in [0.4, 0.5) is 0 Å². The van der Waals surface area contributed by atoms with Crippen molar-refractivity contribution in [2.24, 2.45) is 7.05 Å². The highest BCUT2D eigenvalue weighted by Crippen LogP contribution is 2.38. The van der Waals surface area contributed by atoms with Crippen LogP contribution in [0.2, 0.25) is 0 Å². The van der Waals surface area contributed by atoms with Gasteiger partial charge in [0.25, 0.3) is 0 Å². The van der Waals surface area contributed by atoms with Crippen molar-refractivity contribution in [2.45, 2.75) is 0 Å². The molecule has 0 saturated heterocycles. The van der Waals surface area contributed by atoms with Gasteiger partial charge in [-0.3, -0.25) is 4.68 Å². The number of nitrogens with zero attached hydrogens (tertiary/aromatic N) is 2. The molecule has 0 atom stereocenters. The van der Waals surface area contributed by atoms with Gasteiger partial charge in [0.15, 0.2) is 0 Å². The molecular formula is C14H12N2O3S. The number of benzene rings is 1. The Morgan fingerprint density at radius 3 is 2.95 bits per heavy atom. The Morgan fingerprint density at radius 1 is 1.45 bits per heavy atom. The summed E-state index contributed by atoms with van der Waals surface area (Å²) in [7, 11) is 3.36. The monoisotopic (exact) mass is 288 g/mol. The van der Waals surface area contributed by atoms with Gasteiger partial charge in [0.1, 0.15) is 11.3 Å². The number of aromatic carboxylic acids is 1. The molecule has 0 saturated carbocycles. The van der Waals surface area contributed by atoms with Gasteiger partial charge in [-0.2, -0.15) is 5.10 Å². The molecule has 6 heteroatoms. The van der Waals surface area contributed by atoms with E-state index in [-0.39, 0.29) is 5.56 Å². The summed E-state index contributed by atoms with van der Waals surface area (Å²) in [5.41, 5.74) is 0.818. The average molecular weight is 288 g/mol. The molecule has 5 nitrogen and oxygen atoms in total. The van der Waals surface area contributed by atoms with Crippen LogP contribution in [-0.4, -0.2) is 28.0 Å². The summed E-state index contributed by atoms with van der Waals surface area (Å²) in [5, 5.41) is 14.3. The molecule has 0 spiro atoms. The fraction of sp³-hybridized carbons (Fsp3) is 0.143. The standard InChI is InChI=1S/C14H12N2O3S/c1-16-13(9(7-15-16)14(17)18)12-6-8-10(19-2)4-3-5-11(8)20-12/h3-7H,1-2H3,(H,17,18). The maximum Gasteiger partial charge on any atom is 0.339 e. The van der Waals surface area contributed by atoms with Gasteiger partial charge >= 0.3 is 5.97 Å². The van der Waals surface area contributed by atoms with Gasteiger partial charge in [-0.25, -0.2) is 4.79 Å². The van der Waals surface area contributed by atoms with Crippen LogP contribution in [0.5, 0.6) is 5.75 Å². The summed E-state index contributed by atoms with van der Waals surface area (Å²) >= 11 is 1.53. The molecule has 0 amide bonds. The highest BCUT2D eigenvalue weighted by atomic mass is 32.1. The number of thiophene rings is 1. The highest BCUT2D eigenvalue weighted by molar-refractivity contribution is 7.22. The zero-order chi connectivity index (χ0) is 14.3. The number of rotatable bonds is 3. The van der Waals surface area contributed by atoms with E-state index < -0.39 is 5.97 Å². The number of hydrogen-bond donors (Lipinski definition) is 1. The summed E-state index contributed by atoms with van der Waals surface area (Å²) < 4.78 is 7.97. The SMILES string of the molecule is COc1cccc2sc(-c3c(C(=O)O)cnn3C)cc12. The Bertz CT molecular complexity index is 804. The number of fused-ring (bicyclic) bond motifs is 1. The van der Waals surface area contributed by atoms with Crippen molar-refractivity contribution >= 4 is 27.4 Å². The average Bonchev–Trinajstić information content (AvgIpc) is 3.00. The molecular weight excluding hydrogens is 276 g/mol. The Morgan fingerprint density at radius 2 is 2.25 bits per heavy atom. The maximum absolute atomic E-state index is 11.3. The zero-order valence-corrected chi connectivity index (χ0v) is 11.8. The minimum absolute atomic E-state index is 0.207. The van der Waals surface area contributed by atoms with E-state index in [0.717, 1.165) is 20.7 Å². The molecule has 0 aliphatic carbocycles. The Kier molecular flexibility index (Phi) is 2.94. The maximum atomic E-state index is 11.3. The summed E-state index contributed by atoms with van der Waals surface area (Å²) in [6, 6.07) is 7.74. The van der Waals surface area contributed by atoms with Gasteiger partial charge in [-0.05, 0) is 18.2 Å². The zero-order valence-electron chi connectivity index (χ0n) is 11.0. The predicted molar refractivity (Wildman–Crippen MR) is 77.5 cm³/mol. The lowest BCUT2D eigenvalue weighted by atomic mass is 10.2. The van der Waals surface area contributed by atoms with Crippen LogP contribution in [0.1, 0.15) is 10.4 Å². The fourth-order valence-corrected chi connectivity index (χ4v) is 3.38. The topological polar surface area (TPSA) is 64.3 Å². The molecule has 3 rings (SSSR count). The van der Waals surface area contributed by atoms with Crippen LogP contribution >= 0.6 is 11.3 Å². The second kappa shape index (κ2) is 4.64. The third-order valence-corrected chi connectivity index (χ3v) is 4.25. The first-order valence-electron chi connectivity index (χ1n) is 5.94. The lowest BCUT2D eigenvalue weighted by Crippen LogP contribution is -1.99. The van der Waals surface area contributed by atoms with Crippen LogP contribution in [0.15, 0.2) is 30.5 Å². The lowest BCUT2D eigenvalue weighted by Gasteiger charge is -2.00. The van der Waals surface area contributed by atoms with E-state index in [2.05, 4.69) is 5.10 Å². The molecule has 20 heavy (non-hydrogen) atoms. The Balaban J connectivity index is 2.26. The Labute approximate surface area is 119 Å². The van der Waals surface area contributed by atoms with Gasteiger partial charge in [0.2, 0.25) is 0 Å². The molecule has 0 radical (unpaired) electrons. The summed E-state index contributed by atoms with van der Waals surface area (Å²) in [6.07, 6.45) is 1.37.